The molecule has 2 aromatic rings. The SMILES string of the molecule is CCOC(=O)c1c(C)n(CCCOC(C)C)c2ccccc12. The van der Waals surface area contributed by atoms with Gasteiger partial charge in [-0.3, -0.25) is 0 Å². The summed E-state index contributed by atoms with van der Waals surface area (Å²) in [4.78, 5) is 12.3. The van der Waals surface area contributed by atoms with Crippen LogP contribution < -0.4 is 0 Å². The lowest BCUT2D eigenvalue weighted by Crippen LogP contribution is -2.10. The third kappa shape index (κ3) is 3.50. The summed E-state index contributed by atoms with van der Waals surface area (Å²) in [6.45, 7) is 9.83. The normalized spacial score (nSPS) is 11.3. The Kier molecular flexibility index (Phi) is 5.61. The second-order valence-electron chi connectivity index (χ2n) is 5.62. The van der Waals surface area contributed by atoms with E-state index in [-0.39, 0.29) is 12.1 Å². The number of fused-ring (bicyclic) bond motifs is 1. The van der Waals surface area contributed by atoms with Gasteiger partial charge < -0.3 is 14.0 Å². The summed E-state index contributed by atoms with van der Waals surface area (Å²) in [6.07, 6.45) is 1.16. The maximum absolute atomic E-state index is 12.3. The molecule has 0 aliphatic heterocycles. The average Bonchev–Trinajstić information content (AvgIpc) is 2.76. The van der Waals surface area contributed by atoms with Gasteiger partial charge in [0.15, 0.2) is 0 Å². The smallest absolute Gasteiger partial charge is 0.340 e. The molecule has 0 unspecified atom stereocenters. The molecule has 0 spiro atoms. The molecule has 1 aromatic heterocycles. The van der Waals surface area contributed by atoms with E-state index in [9.17, 15) is 4.79 Å². The Labute approximate surface area is 132 Å². The molecule has 0 bridgehead atoms. The highest BCUT2D eigenvalue weighted by Crippen LogP contribution is 2.26. The summed E-state index contributed by atoms with van der Waals surface area (Å²) in [5.41, 5.74) is 2.72. The van der Waals surface area contributed by atoms with Gasteiger partial charge in [0, 0.05) is 29.7 Å². The number of rotatable bonds is 7. The van der Waals surface area contributed by atoms with Crippen LogP contribution in [0.4, 0.5) is 0 Å². The van der Waals surface area contributed by atoms with E-state index in [1.165, 1.54) is 0 Å². The largest absolute Gasteiger partial charge is 0.462 e. The van der Waals surface area contributed by atoms with Gasteiger partial charge in [-0.25, -0.2) is 4.79 Å². The van der Waals surface area contributed by atoms with Gasteiger partial charge in [-0.15, -0.1) is 0 Å². The van der Waals surface area contributed by atoms with Crippen LogP contribution in [-0.2, 0) is 16.0 Å². The standard InChI is InChI=1S/C18H25NO3/c1-5-21-18(20)17-14(4)19(11-8-12-22-13(2)3)16-10-7-6-9-15(16)17/h6-7,9-10,13H,5,8,11-12H2,1-4H3. The van der Waals surface area contributed by atoms with E-state index < -0.39 is 0 Å². The van der Waals surface area contributed by atoms with Gasteiger partial charge in [0.05, 0.1) is 18.3 Å². The number of hydrogen-bond donors (Lipinski definition) is 0. The van der Waals surface area contributed by atoms with Crippen LogP contribution in [0, 0.1) is 6.92 Å². The molecule has 1 aromatic carbocycles. The first-order valence-electron chi connectivity index (χ1n) is 7.92. The average molecular weight is 303 g/mol. The lowest BCUT2D eigenvalue weighted by molar-refractivity contribution is 0.0527. The highest BCUT2D eigenvalue weighted by atomic mass is 16.5. The van der Waals surface area contributed by atoms with Crippen LogP contribution in [-0.4, -0.2) is 29.9 Å². The minimum Gasteiger partial charge on any atom is -0.462 e. The molecule has 0 saturated carbocycles. The molecular formula is C18H25NO3. The van der Waals surface area contributed by atoms with Gasteiger partial charge in [-0.1, -0.05) is 18.2 Å². The van der Waals surface area contributed by atoms with Crippen LogP contribution in [0.3, 0.4) is 0 Å². The first kappa shape index (κ1) is 16.6. The molecule has 0 N–H and O–H groups in total. The Morgan fingerprint density at radius 2 is 2.00 bits per heavy atom. The second kappa shape index (κ2) is 7.45. The van der Waals surface area contributed by atoms with Crippen LogP contribution in [0.1, 0.15) is 43.2 Å². The molecule has 120 valence electrons. The quantitative estimate of drug-likeness (QED) is 0.574. The number of benzene rings is 1. The van der Waals surface area contributed by atoms with E-state index in [0.717, 1.165) is 36.2 Å². The monoisotopic (exact) mass is 303 g/mol. The number of hydrogen-bond acceptors (Lipinski definition) is 3. The highest BCUT2D eigenvalue weighted by molar-refractivity contribution is 6.05. The van der Waals surface area contributed by atoms with Crippen LogP contribution in [0.15, 0.2) is 24.3 Å². The Morgan fingerprint density at radius 1 is 1.27 bits per heavy atom. The van der Waals surface area contributed by atoms with E-state index in [0.29, 0.717) is 12.2 Å². The molecule has 4 heteroatoms. The zero-order valence-corrected chi connectivity index (χ0v) is 13.9. The van der Waals surface area contributed by atoms with Crippen LogP contribution in [0.25, 0.3) is 10.9 Å². The Balaban J connectivity index is 2.29. The minimum absolute atomic E-state index is 0.242. The molecule has 22 heavy (non-hydrogen) atoms. The summed E-state index contributed by atoms with van der Waals surface area (Å²) >= 11 is 0. The topological polar surface area (TPSA) is 40.5 Å². The first-order valence-corrected chi connectivity index (χ1v) is 7.92. The lowest BCUT2D eigenvalue weighted by atomic mass is 10.1. The van der Waals surface area contributed by atoms with Crippen LogP contribution in [0.2, 0.25) is 0 Å². The number of aromatic nitrogens is 1. The highest BCUT2D eigenvalue weighted by Gasteiger charge is 2.20. The Bertz CT molecular complexity index is 643. The van der Waals surface area contributed by atoms with E-state index in [4.69, 9.17) is 9.47 Å². The van der Waals surface area contributed by atoms with Crippen molar-refractivity contribution in [2.45, 2.75) is 46.8 Å². The third-order valence-corrected chi connectivity index (χ3v) is 3.69. The second-order valence-corrected chi connectivity index (χ2v) is 5.62. The van der Waals surface area contributed by atoms with Crippen molar-refractivity contribution >= 4 is 16.9 Å². The Morgan fingerprint density at radius 3 is 2.68 bits per heavy atom. The van der Waals surface area contributed by atoms with E-state index in [1.807, 2.05) is 52.0 Å². The third-order valence-electron chi connectivity index (χ3n) is 3.69. The van der Waals surface area contributed by atoms with Crippen LogP contribution >= 0.6 is 0 Å². The predicted octanol–water partition coefficient (Wildman–Crippen LogP) is 3.94. The summed E-state index contributed by atoms with van der Waals surface area (Å²) in [5, 5.41) is 0.961. The van der Waals surface area contributed by atoms with Crippen molar-refractivity contribution in [1.82, 2.24) is 4.57 Å². The zero-order chi connectivity index (χ0) is 16.1. The number of carbonyl (C=O) groups is 1. The number of carbonyl (C=O) groups excluding carboxylic acids is 1. The lowest BCUT2D eigenvalue weighted by Gasteiger charge is -2.10. The summed E-state index contributed by atoms with van der Waals surface area (Å²) in [5.74, 6) is -0.242. The maximum Gasteiger partial charge on any atom is 0.340 e. The number of esters is 1. The van der Waals surface area contributed by atoms with E-state index in [1.54, 1.807) is 0 Å². The number of para-hydroxylation sites is 1. The number of nitrogens with zero attached hydrogens (tertiary/aromatic N) is 1. The van der Waals surface area contributed by atoms with Crippen molar-refractivity contribution in [3.05, 3.63) is 35.5 Å². The molecule has 0 fully saturated rings. The molecule has 0 aliphatic carbocycles. The fourth-order valence-corrected chi connectivity index (χ4v) is 2.72. The summed E-state index contributed by atoms with van der Waals surface area (Å²) < 4.78 is 13.0. The van der Waals surface area contributed by atoms with Crippen molar-refractivity contribution in [2.24, 2.45) is 0 Å². The predicted molar refractivity (Wildman–Crippen MR) is 88.3 cm³/mol. The molecule has 0 radical (unpaired) electrons. The van der Waals surface area contributed by atoms with E-state index >= 15 is 0 Å². The molecule has 0 aliphatic rings. The fraction of sp³-hybridized carbons (Fsp3) is 0.500. The van der Waals surface area contributed by atoms with E-state index in [2.05, 4.69) is 4.57 Å². The minimum atomic E-state index is -0.242. The van der Waals surface area contributed by atoms with Gasteiger partial charge in [-0.05, 0) is 40.2 Å². The maximum atomic E-state index is 12.3. The molecule has 0 amide bonds. The molecule has 0 saturated heterocycles. The van der Waals surface area contributed by atoms with Gasteiger partial charge in [-0.2, -0.15) is 0 Å². The first-order chi connectivity index (χ1) is 10.6. The zero-order valence-electron chi connectivity index (χ0n) is 13.9. The molecule has 1 heterocycles. The number of ether oxygens (including phenoxy) is 2. The van der Waals surface area contributed by atoms with Crippen molar-refractivity contribution < 1.29 is 14.3 Å². The van der Waals surface area contributed by atoms with Gasteiger partial charge in [0.25, 0.3) is 0 Å². The molecule has 4 nitrogen and oxygen atoms in total. The molecule has 2 rings (SSSR count). The number of aryl methyl sites for hydroxylation is 1. The van der Waals surface area contributed by atoms with Crippen LogP contribution in [0.5, 0.6) is 0 Å². The summed E-state index contributed by atoms with van der Waals surface area (Å²) in [7, 11) is 0. The van der Waals surface area contributed by atoms with Gasteiger partial charge >= 0.3 is 5.97 Å². The summed E-state index contributed by atoms with van der Waals surface area (Å²) in [6, 6.07) is 7.98. The van der Waals surface area contributed by atoms with Crippen molar-refractivity contribution in [2.75, 3.05) is 13.2 Å². The molecule has 0 atom stereocenters. The fourth-order valence-electron chi connectivity index (χ4n) is 2.72. The van der Waals surface area contributed by atoms with Crippen molar-refractivity contribution in [3.8, 4) is 0 Å². The van der Waals surface area contributed by atoms with Gasteiger partial charge in [0.2, 0.25) is 0 Å². The van der Waals surface area contributed by atoms with Gasteiger partial charge in [0.1, 0.15) is 0 Å². The molecular weight excluding hydrogens is 278 g/mol. The van der Waals surface area contributed by atoms with Crippen molar-refractivity contribution in [1.29, 1.82) is 0 Å². The Hall–Kier alpha value is -1.81. The van der Waals surface area contributed by atoms with Crippen molar-refractivity contribution in [3.63, 3.8) is 0 Å².